The minimum absolute atomic E-state index is 0.0395. The summed E-state index contributed by atoms with van der Waals surface area (Å²) in [6, 6.07) is -0.851. The van der Waals surface area contributed by atoms with Crippen LogP contribution in [0, 0.1) is 0 Å². The highest BCUT2D eigenvalue weighted by atomic mass is 31.2. The van der Waals surface area contributed by atoms with Crippen LogP contribution in [0.4, 0.5) is 0 Å². The van der Waals surface area contributed by atoms with Crippen LogP contribution in [0.1, 0.15) is 297 Å². The maximum atomic E-state index is 13.5. The number of nitrogens with zero attached hydrogens (tertiary/aromatic N) is 1. The molecule has 0 saturated heterocycles. The number of nitrogens with one attached hydrogen (secondary N) is 1. The van der Waals surface area contributed by atoms with E-state index in [0.717, 1.165) is 77.0 Å². The highest BCUT2D eigenvalue weighted by Crippen LogP contribution is 2.43. The van der Waals surface area contributed by atoms with Gasteiger partial charge in [0.05, 0.1) is 33.8 Å². The van der Waals surface area contributed by atoms with Crippen molar-refractivity contribution in [3.05, 3.63) is 36.5 Å². The normalized spacial score (nSPS) is 13.9. The Labute approximate surface area is 446 Å². The maximum absolute atomic E-state index is 13.5. The van der Waals surface area contributed by atoms with Crippen molar-refractivity contribution >= 4 is 19.7 Å². The Balaban J connectivity index is 5.32. The Kier molecular flexibility index (Phi) is 51.4. The average molecular weight is 1040 g/mol. The van der Waals surface area contributed by atoms with Gasteiger partial charge in [-0.15, -0.1) is 0 Å². The predicted molar refractivity (Wildman–Crippen MR) is 309 cm³/mol. The zero-order valence-electron chi connectivity index (χ0n) is 48.4. The Morgan fingerprint density at radius 2 is 0.806 bits per heavy atom. The Morgan fingerprint density at radius 1 is 0.472 bits per heavy atom. The third-order valence-corrected chi connectivity index (χ3v) is 14.8. The molecule has 2 N–H and O–H groups in total. The SMILES string of the molecule is CCCCCCCC/C=C/CCCCCCCCCC(=O)OC(/C=C/CCCCCCCCCCCCC)C(COP(=O)(O)OCC[N+](C)(C)C)NC(=O)CCCCCCC/C=C/CCCCCCCCC. The first-order valence-electron chi connectivity index (χ1n) is 30.8. The van der Waals surface area contributed by atoms with E-state index in [1.54, 1.807) is 0 Å². The third-order valence-electron chi connectivity index (χ3n) is 13.8. The van der Waals surface area contributed by atoms with Gasteiger partial charge in [-0.05, 0) is 83.1 Å². The van der Waals surface area contributed by atoms with E-state index in [9.17, 15) is 19.0 Å². The lowest BCUT2D eigenvalue weighted by atomic mass is 10.0. The van der Waals surface area contributed by atoms with Gasteiger partial charge in [0.15, 0.2) is 0 Å². The largest absolute Gasteiger partial charge is 0.472 e. The van der Waals surface area contributed by atoms with Crippen LogP contribution in [0.5, 0.6) is 0 Å². The van der Waals surface area contributed by atoms with Gasteiger partial charge >= 0.3 is 13.8 Å². The number of allylic oxidation sites excluding steroid dienone is 5. The summed E-state index contributed by atoms with van der Waals surface area (Å²) >= 11 is 0. The summed E-state index contributed by atoms with van der Waals surface area (Å²) in [5, 5.41) is 3.05. The number of carbonyl (C=O) groups excluding carboxylic acids is 2. The van der Waals surface area contributed by atoms with Crippen molar-refractivity contribution in [3.8, 4) is 0 Å². The molecule has 1 amide bonds. The molecule has 424 valence electrons. The van der Waals surface area contributed by atoms with Crippen LogP contribution in [-0.4, -0.2) is 74.3 Å². The minimum atomic E-state index is -4.45. The van der Waals surface area contributed by atoms with E-state index in [1.165, 1.54) is 186 Å². The molecule has 0 spiro atoms. The summed E-state index contributed by atoms with van der Waals surface area (Å²) in [5.41, 5.74) is 0. The lowest BCUT2D eigenvalue weighted by Gasteiger charge is -2.27. The molecule has 0 aromatic heterocycles. The summed E-state index contributed by atoms with van der Waals surface area (Å²) in [4.78, 5) is 37.7. The van der Waals surface area contributed by atoms with Gasteiger partial charge in [-0.3, -0.25) is 18.6 Å². The van der Waals surface area contributed by atoms with Crippen molar-refractivity contribution in [2.75, 3.05) is 40.9 Å². The molecule has 0 aliphatic rings. The van der Waals surface area contributed by atoms with Gasteiger partial charge < -0.3 is 19.4 Å². The summed E-state index contributed by atoms with van der Waals surface area (Å²) in [5.74, 6) is -0.509. The van der Waals surface area contributed by atoms with Crippen molar-refractivity contribution in [1.82, 2.24) is 5.32 Å². The number of ether oxygens (including phenoxy) is 1. The molecule has 0 aliphatic carbocycles. The molecule has 0 saturated carbocycles. The maximum Gasteiger partial charge on any atom is 0.472 e. The van der Waals surface area contributed by atoms with E-state index in [0.29, 0.717) is 17.4 Å². The van der Waals surface area contributed by atoms with Gasteiger partial charge in [0.2, 0.25) is 5.91 Å². The highest BCUT2D eigenvalue weighted by Gasteiger charge is 2.30. The van der Waals surface area contributed by atoms with Crippen molar-refractivity contribution in [3.63, 3.8) is 0 Å². The number of likely N-dealkylation sites (N-methyl/N-ethyl adjacent to an activating group) is 1. The monoisotopic (exact) mass is 1040 g/mol. The number of phosphoric ester groups is 1. The van der Waals surface area contributed by atoms with E-state index >= 15 is 0 Å². The lowest BCUT2D eigenvalue weighted by molar-refractivity contribution is -0.870. The molecular formula is C62H120N2O7P+. The standard InChI is InChI=1S/C62H119N2O7P/c1-7-10-13-16-19-22-25-28-30-32-34-37-40-43-46-49-52-55-62(66)71-60(53-50-47-44-41-38-35-27-24-21-18-15-12-9-3)59(58-70-72(67,68)69-57-56-64(4,5)6)63-61(65)54-51-48-45-42-39-36-33-31-29-26-23-20-17-14-11-8-2/h28,30-31,33,50,53,59-60H,7-27,29,32,34-49,51-52,54-58H2,1-6H3,(H-,63,65,67,68)/p+1/b30-28+,33-31+,53-50+. The van der Waals surface area contributed by atoms with Crippen LogP contribution in [0.2, 0.25) is 0 Å². The third kappa shape index (κ3) is 53.1. The van der Waals surface area contributed by atoms with E-state index < -0.39 is 20.0 Å². The quantitative estimate of drug-likeness (QED) is 0.0205. The molecule has 0 radical (unpaired) electrons. The highest BCUT2D eigenvalue weighted by molar-refractivity contribution is 7.47. The number of hydrogen-bond acceptors (Lipinski definition) is 6. The molecule has 0 aliphatic heterocycles. The first-order valence-corrected chi connectivity index (χ1v) is 32.3. The Morgan fingerprint density at radius 3 is 1.18 bits per heavy atom. The second-order valence-corrected chi connectivity index (χ2v) is 23.7. The molecule has 0 aromatic rings. The Bertz CT molecular complexity index is 1330. The molecule has 9 nitrogen and oxygen atoms in total. The van der Waals surface area contributed by atoms with Crippen molar-refractivity contribution in [2.45, 2.75) is 309 Å². The number of rotatable bonds is 56. The minimum Gasteiger partial charge on any atom is -0.456 e. The molecule has 3 unspecified atom stereocenters. The van der Waals surface area contributed by atoms with Gasteiger partial charge in [-0.1, -0.05) is 237 Å². The van der Waals surface area contributed by atoms with Gasteiger partial charge in [-0.2, -0.15) is 0 Å². The summed E-state index contributed by atoms with van der Waals surface area (Å²) in [6.07, 6.45) is 62.7. The molecule has 0 heterocycles. The van der Waals surface area contributed by atoms with E-state index in [1.807, 2.05) is 33.3 Å². The van der Waals surface area contributed by atoms with Crippen LogP contribution in [0.3, 0.4) is 0 Å². The number of amides is 1. The second-order valence-electron chi connectivity index (χ2n) is 22.2. The molecule has 72 heavy (non-hydrogen) atoms. The van der Waals surface area contributed by atoms with Crippen LogP contribution in [0.15, 0.2) is 36.5 Å². The lowest BCUT2D eigenvalue weighted by Crippen LogP contribution is -2.47. The molecule has 0 fully saturated rings. The van der Waals surface area contributed by atoms with Crippen molar-refractivity contribution in [2.24, 2.45) is 0 Å². The van der Waals surface area contributed by atoms with E-state index in [-0.39, 0.29) is 31.5 Å². The molecular weight excluding hydrogens is 916 g/mol. The number of esters is 1. The number of quaternary nitrogens is 1. The first kappa shape index (κ1) is 70.2. The van der Waals surface area contributed by atoms with Gasteiger partial charge in [-0.25, -0.2) is 4.57 Å². The van der Waals surface area contributed by atoms with Crippen LogP contribution < -0.4 is 5.32 Å². The van der Waals surface area contributed by atoms with Crippen LogP contribution in [-0.2, 0) is 27.9 Å². The van der Waals surface area contributed by atoms with Crippen molar-refractivity contribution < 1.29 is 37.3 Å². The molecule has 10 heteroatoms. The topological polar surface area (TPSA) is 111 Å². The fourth-order valence-corrected chi connectivity index (χ4v) is 9.72. The number of phosphoric acid groups is 1. The fraction of sp³-hybridized carbons (Fsp3) is 0.871. The summed E-state index contributed by atoms with van der Waals surface area (Å²) in [6.45, 7) is 7.02. The zero-order chi connectivity index (χ0) is 52.9. The Hall–Kier alpha value is -1.77. The second kappa shape index (κ2) is 52.7. The number of carbonyl (C=O) groups is 2. The van der Waals surface area contributed by atoms with E-state index in [4.69, 9.17) is 13.8 Å². The predicted octanol–water partition coefficient (Wildman–Crippen LogP) is 18.7. The molecule has 0 bridgehead atoms. The molecule has 0 aromatic carbocycles. The first-order chi connectivity index (χ1) is 34.9. The van der Waals surface area contributed by atoms with Gasteiger partial charge in [0.1, 0.15) is 19.3 Å². The average Bonchev–Trinajstić information content (AvgIpc) is 3.34. The smallest absolute Gasteiger partial charge is 0.456 e. The summed E-state index contributed by atoms with van der Waals surface area (Å²) in [7, 11) is 1.50. The van der Waals surface area contributed by atoms with Crippen LogP contribution in [0.25, 0.3) is 0 Å². The number of unbranched alkanes of at least 4 members (excludes halogenated alkanes) is 36. The zero-order valence-corrected chi connectivity index (χ0v) is 49.3. The number of hydrogen-bond donors (Lipinski definition) is 2. The van der Waals surface area contributed by atoms with E-state index in [2.05, 4.69) is 50.4 Å². The molecule has 3 atom stereocenters. The van der Waals surface area contributed by atoms with Crippen LogP contribution >= 0.6 is 7.82 Å². The molecule has 0 rings (SSSR count). The summed E-state index contributed by atoms with van der Waals surface area (Å²) < 4.78 is 30.7. The fourth-order valence-electron chi connectivity index (χ4n) is 8.99. The van der Waals surface area contributed by atoms with Gasteiger partial charge in [0, 0.05) is 12.8 Å². The van der Waals surface area contributed by atoms with Crippen molar-refractivity contribution in [1.29, 1.82) is 0 Å². The van der Waals surface area contributed by atoms with Gasteiger partial charge in [0.25, 0.3) is 0 Å².